The van der Waals surface area contributed by atoms with Gasteiger partial charge in [-0.25, -0.2) is 0 Å². The quantitative estimate of drug-likeness (QED) is 0.0729. The second-order valence-electron chi connectivity index (χ2n) is 12.9. The SMILES string of the molecule is CCCCO[C@H]1OC(CO)[C@H](O)[C@H](O[C@@H]2OC(CO)[C@H](O)[C@H](O[C@]3(C)C[C@@H](O)[C@@H](NC(C)=O)C([C@H](O)[C@H](O)CNC(C)=O)O3)C2O)C1C. The molecule has 0 radical (unpaired) electrons. The number of carbonyl (C=O) groups is 2. The first-order chi connectivity index (χ1) is 22.6. The van der Waals surface area contributed by atoms with E-state index in [0.29, 0.717) is 6.61 Å². The summed E-state index contributed by atoms with van der Waals surface area (Å²) in [6.07, 6.45) is -17.7. The van der Waals surface area contributed by atoms with Crippen molar-refractivity contribution < 1.29 is 78.9 Å². The second-order valence-corrected chi connectivity index (χ2v) is 12.9. The summed E-state index contributed by atoms with van der Waals surface area (Å²) in [7, 11) is 0. The molecule has 2 amide bonds. The van der Waals surface area contributed by atoms with Crippen LogP contribution in [0.3, 0.4) is 0 Å². The van der Waals surface area contributed by atoms with Gasteiger partial charge >= 0.3 is 0 Å². The van der Waals surface area contributed by atoms with Crippen molar-refractivity contribution in [2.24, 2.45) is 5.92 Å². The molecule has 18 nitrogen and oxygen atoms in total. The third-order valence-corrected chi connectivity index (χ3v) is 8.83. The van der Waals surface area contributed by atoms with Crippen molar-refractivity contribution in [2.45, 2.75) is 145 Å². The van der Waals surface area contributed by atoms with Crippen LogP contribution in [0, 0.1) is 5.92 Å². The molecule has 3 heterocycles. The first-order valence-corrected chi connectivity index (χ1v) is 16.3. The maximum absolute atomic E-state index is 11.9. The van der Waals surface area contributed by atoms with Crippen molar-refractivity contribution in [2.75, 3.05) is 26.4 Å². The summed E-state index contributed by atoms with van der Waals surface area (Å²) in [5.74, 6) is -3.59. The van der Waals surface area contributed by atoms with Gasteiger partial charge in [0.1, 0.15) is 48.8 Å². The van der Waals surface area contributed by atoms with E-state index in [1.54, 1.807) is 6.92 Å². The van der Waals surface area contributed by atoms with Crippen molar-refractivity contribution >= 4 is 11.8 Å². The number of carbonyl (C=O) groups excluding carboxylic acids is 2. The van der Waals surface area contributed by atoms with Crippen LogP contribution in [0.2, 0.25) is 0 Å². The van der Waals surface area contributed by atoms with Crippen LogP contribution >= 0.6 is 0 Å². The average molecular weight is 699 g/mol. The van der Waals surface area contributed by atoms with Gasteiger partial charge in [-0.05, 0) is 13.3 Å². The van der Waals surface area contributed by atoms with Gasteiger partial charge in [0.2, 0.25) is 11.8 Å². The van der Waals surface area contributed by atoms with Gasteiger partial charge in [0, 0.05) is 39.3 Å². The normalized spacial score (nSPS) is 41.7. The lowest BCUT2D eigenvalue weighted by atomic mass is 9.88. The topological polar surface area (TPSA) is 275 Å². The van der Waals surface area contributed by atoms with Crippen LogP contribution in [-0.2, 0) is 38.0 Å². The molecule has 18 heteroatoms. The molecule has 280 valence electrons. The molecule has 0 aromatic heterocycles. The second kappa shape index (κ2) is 18.0. The summed E-state index contributed by atoms with van der Waals surface area (Å²) in [6, 6.07) is -1.24. The van der Waals surface area contributed by atoms with Crippen molar-refractivity contribution in [3.05, 3.63) is 0 Å². The predicted molar refractivity (Wildman–Crippen MR) is 161 cm³/mol. The molecule has 0 aromatic carbocycles. The van der Waals surface area contributed by atoms with Crippen LogP contribution in [0.5, 0.6) is 0 Å². The Kier molecular flexibility index (Phi) is 15.3. The van der Waals surface area contributed by atoms with Crippen LogP contribution in [0.4, 0.5) is 0 Å². The lowest BCUT2D eigenvalue weighted by Crippen LogP contribution is -2.68. The number of hydrogen-bond donors (Lipinski definition) is 10. The Morgan fingerprint density at radius 3 is 2.10 bits per heavy atom. The molecule has 0 spiro atoms. The van der Waals surface area contributed by atoms with Crippen molar-refractivity contribution in [1.82, 2.24) is 10.6 Å². The lowest BCUT2D eigenvalue weighted by Gasteiger charge is -2.51. The molecule has 3 fully saturated rings. The third kappa shape index (κ3) is 10.0. The number of aliphatic hydroxyl groups excluding tert-OH is 8. The van der Waals surface area contributed by atoms with E-state index in [4.69, 9.17) is 28.4 Å². The van der Waals surface area contributed by atoms with Gasteiger partial charge in [-0.15, -0.1) is 0 Å². The zero-order valence-electron chi connectivity index (χ0n) is 28.0. The summed E-state index contributed by atoms with van der Waals surface area (Å²) < 4.78 is 35.4. The average Bonchev–Trinajstić information content (AvgIpc) is 3.03. The minimum Gasteiger partial charge on any atom is -0.394 e. The molecule has 0 aromatic rings. The number of ether oxygens (including phenoxy) is 6. The highest BCUT2D eigenvalue weighted by Crippen LogP contribution is 2.38. The van der Waals surface area contributed by atoms with Gasteiger partial charge in [0.05, 0.1) is 37.6 Å². The minimum absolute atomic E-state index is 0.344. The summed E-state index contributed by atoms with van der Waals surface area (Å²) in [5, 5.41) is 90.9. The van der Waals surface area contributed by atoms with Crippen LogP contribution < -0.4 is 10.6 Å². The molecule has 0 bridgehead atoms. The fourth-order valence-electron chi connectivity index (χ4n) is 6.19. The minimum atomic E-state index is -1.89. The molecule has 16 atom stereocenters. The number of nitrogens with one attached hydrogen (secondary N) is 2. The van der Waals surface area contributed by atoms with E-state index in [1.807, 2.05) is 6.92 Å². The monoisotopic (exact) mass is 698 g/mol. The Labute approximate surface area is 279 Å². The summed E-state index contributed by atoms with van der Waals surface area (Å²) in [5.41, 5.74) is 0. The van der Waals surface area contributed by atoms with Gasteiger partial charge in [0.15, 0.2) is 18.4 Å². The standard InChI is InChI=1S/C30H54N2O16/c1-6-7-8-43-28-13(2)25(22(40)18(11-33)44-28)46-29-24(42)27(23(41)19(12-34)45-29)48-30(5)9-16(37)20(32-15(4)36)26(47-30)21(39)17(38)10-31-14(3)35/h13,16-29,33-34,37-42H,6-12H2,1-5H3,(H,31,35)(H,32,36)/t13?,16-,17-,18?,19?,20-,21-,22+,23+,24?,25-,26?,27+,28+,29+,30-/m1/s1. The van der Waals surface area contributed by atoms with Gasteiger partial charge in [-0.1, -0.05) is 20.3 Å². The van der Waals surface area contributed by atoms with Crippen LogP contribution in [0.1, 0.15) is 53.9 Å². The van der Waals surface area contributed by atoms with Gasteiger partial charge in [-0.2, -0.15) is 0 Å². The molecule has 10 N–H and O–H groups in total. The molecule has 0 saturated carbocycles. The molecular weight excluding hydrogens is 644 g/mol. The van der Waals surface area contributed by atoms with E-state index in [-0.39, 0.29) is 13.0 Å². The molecular formula is C30H54N2O16. The van der Waals surface area contributed by atoms with Crippen LogP contribution in [0.15, 0.2) is 0 Å². The van der Waals surface area contributed by atoms with E-state index in [1.165, 1.54) is 20.8 Å². The maximum Gasteiger partial charge on any atom is 0.217 e. The first-order valence-electron chi connectivity index (χ1n) is 16.3. The zero-order chi connectivity index (χ0) is 35.9. The van der Waals surface area contributed by atoms with Crippen LogP contribution in [0.25, 0.3) is 0 Å². The fraction of sp³-hybridized carbons (Fsp3) is 0.933. The van der Waals surface area contributed by atoms with E-state index >= 15 is 0 Å². The third-order valence-electron chi connectivity index (χ3n) is 8.83. The Hall–Kier alpha value is -1.62. The number of amides is 2. The van der Waals surface area contributed by atoms with E-state index in [0.717, 1.165) is 12.8 Å². The number of aliphatic hydroxyl groups is 8. The number of rotatable bonds is 15. The van der Waals surface area contributed by atoms with E-state index < -0.39 is 122 Å². The summed E-state index contributed by atoms with van der Waals surface area (Å²) in [4.78, 5) is 23.3. The molecule has 0 aliphatic carbocycles. The van der Waals surface area contributed by atoms with E-state index in [9.17, 15) is 50.4 Å². The van der Waals surface area contributed by atoms with Gasteiger partial charge in [0.25, 0.3) is 0 Å². The van der Waals surface area contributed by atoms with Crippen LogP contribution in [-0.4, -0.2) is 171 Å². The molecule has 3 aliphatic heterocycles. The molecule has 3 aliphatic rings. The Morgan fingerprint density at radius 1 is 0.938 bits per heavy atom. The zero-order valence-corrected chi connectivity index (χ0v) is 28.0. The fourth-order valence-corrected chi connectivity index (χ4v) is 6.19. The van der Waals surface area contributed by atoms with Gasteiger partial charge < -0.3 is 79.9 Å². The Balaban J connectivity index is 1.85. The smallest absolute Gasteiger partial charge is 0.217 e. The van der Waals surface area contributed by atoms with Crippen molar-refractivity contribution in [3.63, 3.8) is 0 Å². The highest BCUT2D eigenvalue weighted by molar-refractivity contribution is 5.73. The number of unbranched alkanes of at least 4 members (excludes halogenated alkanes) is 1. The summed E-state index contributed by atoms with van der Waals surface area (Å²) in [6.45, 7) is 6.03. The Bertz CT molecular complexity index is 1030. The Morgan fingerprint density at radius 2 is 1.54 bits per heavy atom. The molecule has 5 unspecified atom stereocenters. The predicted octanol–water partition coefficient (Wildman–Crippen LogP) is -4.04. The maximum atomic E-state index is 11.9. The first kappa shape index (κ1) is 40.8. The highest BCUT2D eigenvalue weighted by atomic mass is 16.7. The van der Waals surface area contributed by atoms with E-state index in [2.05, 4.69) is 10.6 Å². The van der Waals surface area contributed by atoms with Gasteiger partial charge in [-0.3, -0.25) is 9.59 Å². The largest absolute Gasteiger partial charge is 0.394 e. The molecule has 3 saturated heterocycles. The highest BCUT2D eigenvalue weighted by Gasteiger charge is 2.55. The molecule has 3 rings (SSSR count). The van der Waals surface area contributed by atoms with Crippen molar-refractivity contribution in [1.29, 1.82) is 0 Å². The molecule has 48 heavy (non-hydrogen) atoms. The number of hydrogen-bond acceptors (Lipinski definition) is 16. The summed E-state index contributed by atoms with van der Waals surface area (Å²) >= 11 is 0. The van der Waals surface area contributed by atoms with Crippen molar-refractivity contribution in [3.8, 4) is 0 Å². The lowest BCUT2D eigenvalue weighted by molar-refractivity contribution is -0.386.